The van der Waals surface area contributed by atoms with Crippen molar-refractivity contribution in [3.05, 3.63) is 59.9 Å². The maximum absolute atomic E-state index is 12.5. The van der Waals surface area contributed by atoms with Gasteiger partial charge in [-0.05, 0) is 61.9 Å². The van der Waals surface area contributed by atoms with Gasteiger partial charge in [0.05, 0.1) is 20.3 Å². The van der Waals surface area contributed by atoms with Crippen molar-refractivity contribution in [2.75, 3.05) is 19.5 Å². The van der Waals surface area contributed by atoms with E-state index in [0.29, 0.717) is 23.7 Å². The van der Waals surface area contributed by atoms with Crippen LogP contribution in [0.15, 0.2) is 53.7 Å². The van der Waals surface area contributed by atoms with Crippen LogP contribution in [0.2, 0.25) is 0 Å². The molecule has 1 N–H and O–H groups in total. The van der Waals surface area contributed by atoms with Crippen molar-refractivity contribution in [2.24, 2.45) is 0 Å². The van der Waals surface area contributed by atoms with Crippen LogP contribution < -0.4 is 14.8 Å². The van der Waals surface area contributed by atoms with E-state index in [1.165, 1.54) is 0 Å². The standard InChI is InChI=1S/C22H26N4O3S/c1-4-14-30-22-25-24-20(26(22)17-8-12-19(13-9-17)29-5-2)15-23-21(27)16-6-10-18(28-3)11-7-16/h6-13H,4-5,14-15H2,1-3H3,(H,23,27). The molecule has 0 aliphatic rings. The van der Waals surface area contributed by atoms with Gasteiger partial charge in [0.2, 0.25) is 0 Å². The molecule has 1 heterocycles. The van der Waals surface area contributed by atoms with Crippen LogP contribution in [0.3, 0.4) is 0 Å². The highest BCUT2D eigenvalue weighted by molar-refractivity contribution is 7.99. The molecule has 1 amide bonds. The third kappa shape index (κ3) is 5.33. The van der Waals surface area contributed by atoms with Gasteiger partial charge in [-0.1, -0.05) is 18.7 Å². The zero-order chi connectivity index (χ0) is 21.3. The molecule has 2 aromatic carbocycles. The molecule has 0 aliphatic carbocycles. The summed E-state index contributed by atoms with van der Waals surface area (Å²) < 4.78 is 12.6. The molecule has 0 aliphatic heterocycles. The second kappa shape index (κ2) is 10.7. The van der Waals surface area contributed by atoms with Gasteiger partial charge >= 0.3 is 0 Å². The van der Waals surface area contributed by atoms with Gasteiger partial charge in [0.15, 0.2) is 11.0 Å². The second-order valence-electron chi connectivity index (χ2n) is 6.42. The predicted octanol–water partition coefficient (Wildman–Crippen LogP) is 4.11. The minimum absolute atomic E-state index is 0.179. The lowest BCUT2D eigenvalue weighted by Crippen LogP contribution is -2.24. The number of hydrogen-bond acceptors (Lipinski definition) is 6. The van der Waals surface area contributed by atoms with E-state index < -0.39 is 0 Å². The Hall–Kier alpha value is -3.00. The molecule has 1 aromatic heterocycles. The molecule has 0 spiro atoms. The highest BCUT2D eigenvalue weighted by atomic mass is 32.2. The van der Waals surface area contributed by atoms with Gasteiger partial charge in [0, 0.05) is 17.0 Å². The van der Waals surface area contributed by atoms with Gasteiger partial charge in [-0.3, -0.25) is 9.36 Å². The molecule has 0 saturated heterocycles. The number of nitrogens with zero attached hydrogens (tertiary/aromatic N) is 3. The summed E-state index contributed by atoms with van der Waals surface area (Å²) in [6.45, 7) is 4.96. The Bertz CT molecular complexity index is 956. The summed E-state index contributed by atoms with van der Waals surface area (Å²) in [5.41, 5.74) is 1.49. The SMILES string of the molecule is CCCSc1nnc(CNC(=O)c2ccc(OC)cc2)n1-c1ccc(OCC)cc1. The van der Waals surface area contributed by atoms with Crippen molar-refractivity contribution in [3.63, 3.8) is 0 Å². The number of ether oxygens (including phenoxy) is 2. The molecular formula is C22H26N4O3S. The monoisotopic (exact) mass is 426 g/mol. The molecule has 3 aromatic rings. The van der Waals surface area contributed by atoms with Crippen LogP contribution in [0.4, 0.5) is 0 Å². The van der Waals surface area contributed by atoms with E-state index in [4.69, 9.17) is 9.47 Å². The van der Waals surface area contributed by atoms with E-state index in [9.17, 15) is 4.79 Å². The molecule has 7 nitrogen and oxygen atoms in total. The van der Waals surface area contributed by atoms with Crippen LogP contribution >= 0.6 is 11.8 Å². The van der Waals surface area contributed by atoms with Crippen LogP contribution in [0.5, 0.6) is 11.5 Å². The minimum atomic E-state index is -0.179. The van der Waals surface area contributed by atoms with Crippen LogP contribution in [-0.2, 0) is 6.54 Å². The fourth-order valence-corrected chi connectivity index (χ4v) is 3.65. The number of aromatic nitrogens is 3. The van der Waals surface area contributed by atoms with E-state index in [1.807, 2.05) is 35.8 Å². The van der Waals surface area contributed by atoms with E-state index in [0.717, 1.165) is 28.8 Å². The molecular weight excluding hydrogens is 400 g/mol. The number of rotatable bonds is 10. The van der Waals surface area contributed by atoms with Crippen LogP contribution in [-0.4, -0.2) is 40.1 Å². The number of nitrogens with one attached hydrogen (secondary N) is 1. The quantitative estimate of drug-likeness (QED) is 0.492. The molecule has 30 heavy (non-hydrogen) atoms. The topological polar surface area (TPSA) is 78.3 Å². The van der Waals surface area contributed by atoms with Crippen LogP contribution in [0.1, 0.15) is 36.5 Å². The van der Waals surface area contributed by atoms with Crippen molar-refractivity contribution < 1.29 is 14.3 Å². The molecule has 3 rings (SSSR count). The Morgan fingerprint density at radius 3 is 2.37 bits per heavy atom. The minimum Gasteiger partial charge on any atom is -0.497 e. The summed E-state index contributed by atoms with van der Waals surface area (Å²) >= 11 is 1.64. The number of carbonyl (C=O) groups is 1. The smallest absolute Gasteiger partial charge is 0.251 e. The zero-order valence-electron chi connectivity index (χ0n) is 17.4. The van der Waals surface area contributed by atoms with E-state index in [2.05, 4.69) is 22.4 Å². The maximum atomic E-state index is 12.5. The lowest BCUT2D eigenvalue weighted by atomic mass is 10.2. The third-order valence-electron chi connectivity index (χ3n) is 4.30. The first-order valence-electron chi connectivity index (χ1n) is 9.88. The largest absolute Gasteiger partial charge is 0.497 e. The number of thioether (sulfide) groups is 1. The number of methoxy groups -OCH3 is 1. The van der Waals surface area contributed by atoms with Crippen LogP contribution in [0.25, 0.3) is 5.69 Å². The fourth-order valence-electron chi connectivity index (χ4n) is 2.82. The molecule has 0 atom stereocenters. The molecule has 158 valence electrons. The molecule has 8 heteroatoms. The van der Waals surface area contributed by atoms with Crippen molar-refractivity contribution in [3.8, 4) is 17.2 Å². The van der Waals surface area contributed by atoms with Crippen molar-refractivity contribution in [1.29, 1.82) is 0 Å². The lowest BCUT2D eigenvalue weighted by molar-refractivity contribution is 0.0949. The van der Waals surface area contributed by atoms with Gasteiger partial charge in [0.1, 0.15) is 11.5 Å². The summed E-state index contributed by atoms with van der Waals surface area (Å²) in [7, 11) is 1.59. The van der Waals surface area contributed by atoms with Gasteiger partial charge in [-0.15, -0.1) is 10.2 Å². The summed E-state index contributed by atoms with van der Waals surface area (Å²) in [4.78, 5) is 12.5. The Labute approximate surface area is 180 Å². The van der Waals surface area contributed by atoms with Crippen molar-refractivity contribution in [2.45, 2.75) is 32.0 Å². The highest BCUT2D eigenvalue weighted by Crippen LogP contribution is 2.24. The summed E-state index contributed by atoms with van der Waals surface area (Å²) in [6.07, 6.45) is 1.03. The number of hydrogen-bond donors (Lipinski definition) is 1. The molecule has 0 fully saturated rings. The summed E-state index contributed by atoms with van der Waals surface area (Å²) in [6, 6.07) is 14.8. The van der Waals surface area contributed by atoms with E-state index in [-0.39, 0.29) is 12.5 Å². The Morgan fingerprint density at radius 2 is 1.73 bits per heavy atom. The average molecular weight is 427 g/mol. The third-order valence-corrected chi connectivity index (χ3v) is 5.44. The molecule has 0 radical (unpaired) electrons. The maximum Gasteiger partial charge on any atom is 0.251 e. The van der Waals surface area contributed by atoms with Gasteiger partial charge in [-0.2, -0.15) is 0 Å². The summed E-state index contributed by atoms with van der Waals surface area (Å²) in [5.74, 6) is 2.94. The van der Waals surface area contributed by atoms with E-state index in [1.54, 1.807) is 43.1 Å². The Balaban J connectivity index is 1.79. The van der Waals surface area contributed by atoms with Crippen LogP contribution in [0, 0.1) is 0 Å². The normalized spacial score (nSPS) is 10.6. The first kappa shape index (κ1) is 21.7. The molecule has 0 saturated carbocycles. The average Bonchev–Trinajstić information content (AvgIpc) is 3.19. The number of amides is 1. The second-order valence-corrected chi connectivity index (χ2v) is 7.48. The summed E-state index contributed by atoms with van der Waals surface area (Å²) in [5, 5.41) is 12.4. The Kier molecular flexibility index (Phi) is 7.73. The molecule has 0 bridgehead atoms. The predicted molar refractivity (Wildman–Crippen MR) is 118 cm³/mol. The van der Waals surface area contributed by atoms with Gasteiger partial charge < -0.3 is 14.8 Å². The number of carbonyl (C=O) groups excluding carboxylic acids is 1. The first-order valence-corrected chi connectivity index (χ1v) is 10.9. The van der Waals surface area contributed by atoms with Crippen molar-refractivity contribution >= 4 is 17.7 Å². The van der Waals surface area contributed by atoms with E-state index >= 15 is 0 Å². The van der Waals surface area contributed by atoms with Gasteiger partial charge in [0.25, 0.3) is 5.91 Å². The van der Waals surface area contributed by atoms with Gasteiger partial charge in [-0.25, -0.2) is 0 Å². The lowest BCUT2D eigenvalue weighted by Gasteiger charge is -2.12. The Morgan fingerprint density at radius 1 is 1.03 bits per heavy atom. The molecule has 0 unspecified atom stereocenters. The zero-order valence-corrected chi connectivity index (χ0v) is 18.2. The highest BCUT2D eigenvalue weighted by Gasteiger charge is 2.16. The fraction of sp³-hybridized carbons (Fsp3) is 0.318. The first-order chi connectivity index (χ1) is 14.7. The number of benzene rings is 2. The van der Waals surface area contributed by atoms with Crippen molar-refractivity contribution in [1.82, 2.24) is 20.1 Å².